The number of ether oxygens (including phenoxy) is 1. The van der Waals surface area contributed by atoms with Crippen molar-refractivity contribution in [1.29, 1.82) is 0 Å². The Kier molecular flexibility index (Phi) is 9.58. The van der Waals surface area contributed by atoms with E-state index >= 15 is 0 Å². The standard InChI is InChI=1S/C26H30FN5O3/c1-3-5-8-18(4-2)29-19-9-6-10-20(13-19)30-25-24(27)15-28-26(32-25)31-21-11-7-12-23(14-21)35-17-22(34)16-33/h4,6-15,22,29,33-34H,2-3,5,16-17H2,1H3,(H2,28,30,31,32)/b18-8-. The lowest BCUT2D eigenvalue weighted by atomic mass is 10.2. The van der Waals surface area contributed by atoms with E-state index in [0.717, 1.165) is 30.4 Å². The van der Waals surface area contributed by atoms with Crippen molar-refractivity contribution in [3.8, 4) is 5.75 Å². The average molecular weight is 480 g/mol. The number of nitrogens with one attached hydrogen (secondary N) is 3. The summed E-state index contributed by atoms with van der Waals surface area (Å²) in [4.78, 5) is 8.26. The molecule has 0 bridgehead atoms. The Labute approximate surface area is 204 Å². The van der Waals surface area contributed by atoms with Crippen LogP contribution in [0.4, 0.5) is 33.2 Å². The van der Waals surface area contributed by atoms with Crippen molar-refractivity contribution in [2.45, 2.75) is 25.9 Å². The van der Waals surface area contributed by atoms with Gasteiger partial charge in [-0.3, -0.25) is 0 Å². The molecule has 5 N–H and O–H groups in total. The number of allylic oxidation sites excluding steroid dienone is 2. The first kappa shape index (κ1) is 25.7. The topological polar surface area (TPSA) is 112 Å². The molecule has 0 aliphatic carbocycles. The molecule has 0 aliphatic rings. The summed E-state index contributed by atoms with van der Waals surface area (Å²) < 4.78 is 19.9. The number of unbranched alkanes of at least 4 members (excludes halogenated alkanes) is 1. The van der Waals surface area contributed by atoms with Gasteiger partial charge in [0, 0.05) is 28.8 Å². The number of hydrogen-bond acceptors (Lipinski definition) is 8. The summed E-state index contributed by atoms with van der Waals surface area (Å²) in [5, 5.41) is 27.7. The third-order valence-electron chi connectivity index (χ3n) is 4.77. The normalized spacial score (nSPS) is 12.1. The van der Waals surface area contributed by atoms with Crippen LogP contribution in [0, 0.1) is 5.82 Å². The molecule has 3 rings (SSSR count). The fraction of sp³-hybridized carbons (Fsp3) is 0.231. The molecule has 1 unspecified atom stereocenters. The molecule has 35 heavy (non-hydrogen) atoms. The fourth-order valence-corrected chi connectivity index (χ4v) is 3.02. The maximum absolute atomic E-state index is 14.5. The maximum Gasteiger partial charge on any atom is 0.229 e. The van der Waals surface area contributed by atoms with E-state index in [0.29, 0.717) is 17.1 Å². The van der Waals surface area contributed by atoms with Gasteiger partial charge in [0.1, 0.15) is 18.5 Å². The summed E-state index contributed by atoms with van der Waals surface area (Å²) in [7, 11) is 0. The SMILES string of the molecule is C=C/C(=C/CCC)Nc1cccc(Nc2nc(Nc3cccc(OCC(O)CO)c3)ncc2F)c1. The number of halogens is 1. The van der Waals surface area contributed by atoms with Gasteiger partial charge in [0.05, 0.1) is 12.8 Å². The highest BCUT2D eigenvalue weighted by Crippen LogP contribution is 2.24. The van der Waals surface area contributed by atoms with Crippen molar-refractivity contribution in [2.75, 3.05) is 29.2 Å². The molecule has 0 fully saturated rings. The molecule has 0 spiro atoms. The monoisotopic (exact) mass is 479 g/mol. The Morgan fingerprint density at radius 1 is 1.14 bits per heavy atom. The summed E-state index contributed by atoms with van der Waals surface area (Å²) in [5.41, 5.74) is 2.99. The van der Waals surface area contributed by atoms with Crippen LogP contribution in [0.5, 0.6) is 5.75 Å². The summed E-state index contributed by atoms with van der Waals surface area (Å²) in [6.45, 7) is 5.51. The first-order chi connectivity index (χ1) is 17.0. The number of benzene rings is 2. The molecule has 0 saturated heterocycles. The molecule has 184 valence electrons. The van der Waals surface area contributed by atoms with Crippen molar-refractivity contribution in [2.24, 2.45) is 0 Å². The van der Waals surface area contributed by atoms with E-state index in [1.807, 2.05) is 24.3 Å². The summed E-state index contributed by atoms with van der Waals surface area (Å²) in [5.74, 6) is 0.0912. The summed E-state index contributed by atoms with van der Waals surface area (Å²) in [6.07, 6.45) is 5.92. The molecule has 2 aromatic carbocycles. The van der Waals surface area contributed by atoms with Gasteiger partial charge >= 0.3 is 0 Å². The minimum atomic E-state index is -0.967. The van der Waals surface area contributed by atoms with Gasteiger partial charge in [-0.25, -0.2) is 9.37 Å². The molecule has 1 aromatic heterocycles. The number of aliphatic hydroxyl groups excluding tert-OH is 2. The van der Waals surface area contributed by atoms with Crippen molar-refractivity contribution < 1.29 is 19.3 Å². The predicted octanol–water partition coefficient (Wildman–Crippen LogP) is 5.12. The van der Waals surface area contributed by atoms with Gasteiger partial charge in [0.2, 0.25) is 5.95 Å². The van der Waals surface area contributed by atoms with Crippen LogP contribution < -0.4 is 20.7 Å². The van der Waals surface area contributed by atoms with Crippen LogP contribution >= 0.6 is 0 Å². The van der Waals surface area contributed by atoms with Crippen molar-refractivity contribution in [1.82, 2.24) is 9.97 Å². The van der Waals surface area contributed by atoms with Gasteiger partial charge < -0.3 is 30.9 Å². The third-order valence-corrected chi connectivity index (χ3v) is 4.77. The second kappa shape index (κ2) is 13.1. The van der Waals surface area contributed by atoms with Crippen LogP contribution in [0.1, 0.15) is 19.8 Å². The van der Waals surface area contributed by atoms with Crippen LogP contribution in [0.3, 0.4) is 0 Å². The molecular formula is C26H30FN5O3. The molecule has 0 amide bonds. The van der Waals surface area contributed by atoms with Crippen molar-refractivity contribution >= 4 is 28.8 Å². The van der Waals surface area contributed by atoms with Gasteiger partial charge in [0.25, 0.3) is 0 Å². The van der Waals surface area contributed by atoms with Gasteiger partial charge in [0.15, 0.2) is 11.6 Å². The third kappa shape index (κ3) is 8.09. The molecule has 0 saturated carbocycles. The van der Waals surface area contributed by atoms with E-state index in [1.54, 1.807) is 30.3 Å². The highest BCUT2D eigenvalue weighted by Gasteiger charge is 2.09. The van der Waals surface area contributed by atoms with E-state index in [-0.39, 0.29) is 25.0 Å². The number of anilines is 5. The van der Waals surface area contributed by atoms with E-state index in [1.165, 1.54) is 0 Å². The van der Waals surface area contributed by atoms with Gasteiger partial charge in [-0.05, 0) is 42.8 Å². The number of hydrogen-bond donors (Lipinski definition) is 5. The lowest BCUT2D eigenvalue weighted by Crippen LogP contribution is -2.21. The second-order valence-corrected chi connectivity index (χ2v) is 7.67. The first-order valence-corrected chi connectivity index (χ1v) is 11.3. The Morgan fingerprint density at radius 2 is 1.89 bits per heavy atom. The molecule has 0 radical (unpaired) electrons. The zero-order valence-corrected chi connectivity index (χ0v) is 19.5. The van der Waals surface area contributed by atoms with E-state index in [4.69, 9.17) is 9.84 Å². The molecule has 8 nitrogen and oxygen atoms in total. The number of aromatic nitrogens is 2. The van der Waals surface area contributed by atoms with Crippen LogP contribution in [0.25, 0.3) is 0 Å². The molecule has 0 aliphatic heterocycles. The highest BCUT2D eigenvalue weighted by atomic mass is 19.1. The Morgan fingerprint density at radius 3 is 2.63 bits per heavy atom. The zero-order chi connectivity index (χ0) is 25.0. The lowest BCUT2D eigenvalue weighted by molar-refractivity contribution is 0.0536. The molecule has 9 heteroatoms. The van der Waals surface area contributed by atoms with E-state index < -0.39 is 11.9 Å². The average Bonchev–Trinajstić information content (AvgIpc) is 2.87. The van der Waals surface area contributed by atoms with Crippen molar-refractivity contribution in [3.63, 3.8) is 0 Å². The number of nitrogens with zero attached hydrogens (tertiary/aromatic N) is 2. The van der Waals surface area contributed by atoms with Crippen molar-refractivity contribution in [3.05, 3.63) is 85.0 Å². The summed E-state index contributed by atoms with van der Waals surface area (Å²) >= 11 is 0. The largest absolute Gasteiger partial charge is 0.491 e. The lowest BCUT2D eigenvalue weighted by Gasteiger charge is -2.13. The predicted molar refractivity (Wildman–Crippen MR) is 137 cm³/mol. The zero-order valence-electron chi connectivity index (χ0n) is 19.5. The minimum absolute atomic E-state index is 0.0172. The van der Waals surface area contributed by atoms with Crippen LogP contribution in [0.15, 0.2) is 79.2 Å². The van der Waals surface area contributed by atoms with Crippen LogP contribution in [-0.2, 0) is 0 Å². The number of rotatable bonds is 13. The van der Waals surface area contributed by atoms with Gasteiger partial charge in [-0.15, -0.1) is 0 Å². The molecular weight excluding hydrogens is 449 g/mol. The minimum Gasteiger partial charge on any atom is -0.491 e. The highest BCUT2D eigenvalue weighted by molar-refractivity contribution is 5.65. The molecule has 3 aromatic rings. The molecule has 1 heterocycles. The molecule has 1 atom stereocenters. The first-order valence-electron chi connectivity index (χ1n) is 11.3. The Hall–Kier alpha value is -3.95. The second-order valence-electron chi connectivity index (χ2n) is 7.67. The maximum atomic E-state index is 14.5. The number of aliphatic hydroxyl groups is 2. The fourth-order valence-electron chi connectivity index (χ4n) is 3.02. The van der Waals surface area contributed by atoms with Crippen LogP contribution in [-0.4, -0.2) is 39.5 Å². The smallest absolute Gasteiger partial charge is 0.229 e. The van der Waals surface area contributed by atoms with Gasteiger partial charge in [-0.1, -0.05) is 38.1 Å². The quantitative estimate of drug-likeness (QED) is 0.215. The Bertz CT molecular complexity index is 1160. The van der Waals surface area contributed by atoms with Gasteiger partial charge in [-0.2, -0.15) is 4.98 Å². The summed E-state index contributed by atoms with van der Waals surface area (Å²) in [6, 6.07) is 14.3. The van der Waals surface area contributed by atoms with Crippen LogP contribution in [0.2, 0.25) is 0 Å². The van der Waals surface area contributed by atoms with E-state index in [2.05, 4.69) is 45.5 Å². The van der Waals surface area contributed by atoms with E-state index in [9.17, 15) is 9.50 Å². The Balaban J connectivity index is 1.71.